The van der Waals surface area contributed by atoms with Gasteiger partial charge in [-0.2, -0.15) is 0 Å². The standard InChI is InChI=1S/C2H4O2.CH2O3.K.H/c1-2(3)4;2-1(3)4;;/h1H3,(H,3,4);(H2,2,3,4);;. The number of hydrogen-bond acceptors (Lipinski definition) is 2. The molecule has 0 aliphatic rings. The van der Waals surface area contributed by atoms with E-state index in [0.717, 1.165) is 6.92 Å². The van der Waals surface area contributed by atoms with Crippen LogP contribution in [-0.4, -0.2) is 78.8 Å². The van der Waals surface area contributed by atoms with Crippen LogP contribution in [0.5, 0.6) is 0 Å². The van der Waals surface area contributed by atoms with Gasteiger partial charge in [0.1, 0.15) is 0 Å². The van der Waals surface area contributed by atoms with E-state index in [9.17, 15) is 0 Å². The van der Waals surface area contributed by atoms with Gasteiger partial charge in [0.25, 0.3) is 5.97 Å². The van der Waals surface area contributed by atoms with Crippen molar-refractivity contribution in [1.82, 2.24) is 0 Å². The van der Waals surface area contributed by atoms with Crippen LogP contribution in [0.1, 0.15) is 6.92 Å². The van der Waals surface area contributed by atoms with Crippen LogP contribution in [0.15, 0.2) is 0 Å². The number of carbonyl (C=O) groups is 2. The summed E-state index contributed by atoms with van der Waals surface area (Å²) in [4.78, 5) is 17.6. The van der Waals surface area contributed by atoms with E-state index in [1.807, 2.05) is 0 Å². The van der Waals surface area contributed by atoms with Crippen molar-refractivity contribution in [2.75, 3.05) is 0 Å². The summed E-state index contributed by atoms with van der Waals surface area (Å²) in [5.74, 6) is -0.833. The van der Waals surface area contributed by atoms with Gasteiger partial charge < -0.3 is 15.3 Å². The molecule has 0 amide bonds. The number of hydrogen-bond donors (Lipinski definition) is 3. The molecule has 0 spiro atoms. The number of carboxylic acids is 1. The second-order valence-corrected chi connectivity index (χ2v) is 0.802. The van der Waals surface area contributed by atoms with E-state index in [-0.39, 0.29) is 51.4 Å². The number of carboxylic acid groups (broad SMARTS) is 3. The fourth-order valence-corrected chi connectivity index (χ4v) is 0. The molecule has 0 unspecified atom stereocenters. The van der Waals surface area contributed by atoms with Gasteiger partial charge in [-0.1, -0.05) is 0 Å². The normalized spacial score (nSPS) is 5.44. The molecule has 0 fully saturated rings. The van der Waals surface area contributed by atoms with Gasteiger partial charge in [0.05, 0.1) is 0 Å². The summed E-state index contributed by atoms with van der Waals surface area (Å²) in [6, 6.07) is 0. The molecule has 9 heavy (non-hydrogen) atoms. The summed E-state index contributed by atoms with van der Waals surface area (Å²) in [5, 5.41) is 21.4. The Balaban J connectivity index is -0.0000000720. The molecule has 0 aromatic carbocycles. The Bertz CT molecular complexity index is 70.2. The van der Waals surface area contributed by atoms with Crippen molar-refractivity contribution in [3.05, 3.63) is 0 Å². The molecule has 6 heteroatoms. The first-order valence-corrected chi connectivity index (χ1v) is 1.58. The molecule has 0 aromatic heterocycles. The van der Waals surface area contributed by atoms with Gasteiger partial charge in [0.2, 0.25) is 0 Å². The van der Waals surface area contributed by atoms with E-state index in [4.69, 9.17) is 24.9 Å². The predicted molar refractivity (Wildman–Crippen MR) is 31.1 cm³/mol. The number of rotatable bonds is 0. The molecule has 0 aliphatic carbocycles. The fraction of sp³-hybridized carbons (Fsp3) is 0.333. The van der Waals surface area contributed by atoms with Crippen LogP contribution in [0.3, 0.4) is 0 Å². The molecule has 0 radical (unpaired) electrons. The molecule has 3 N–H and O–H groups in total. The molecule has 0 bridgehead atoms. The first kappa shape index (κ1) is 16.2. The molecular formula is C3H7KO5. The molecule has 5 nitrogen and oxygen atoms in total. The zero-order valence-electron chi connectivity index (χ0n) is 4.16. The van der Waals surface area contributed by atoms with Crippen molar-refractivity contribution in [3.8, 4) is 0 Å². The van der Waals surface area contributed by atoms with E-state index >= 15 is 0 Å². The topological polar surface area (TPSA) is 94.8 Å². The Morgan fingerprint density at radius 2 is 1.11 bits per heavy atom. The average Bonchev–Trinajstić information content (AvgIpc) is 1.25. The second-order valence-electron chi connectivity index (χ2n) is 0.802. The minimum absolute atomic E-state index is 0. The monoisotopic (exact) mass is 162 g/mol. The minimum atomic E-state index is -1.83. The van der Waals surface area contributed by atoms with Gasteiger partial charge in [0, 0.05) is 6.92 Å². The Hall–Kier alpha value is 0.376. The van der Waals surface area contributed by atoms with Crippen molar-refractivity contribution >= 4 is 63.5 Å². The Kier molecular flexibility index (Phi) is 20.2. The third-order valence-corrected chi connectivity index (χ3v) is 0. The third kappa shape index (κ3) is 2400. The molecule has 0 rings (SSSR count). The van der Waals surface area contributed by atoms with E-state index in [0.29, 0.717) is 0 Å². The number of aliphatic carboxylic acids is 1. The van der Waals surface area contributed by atoms with E-state index in [2.05, 4.69) is 0 Å². The maximum atomic E-state index is 9.00. The zero-order chi connectivity index (χ0) is 7.15. The average molecular weight is 162 g/mol. The fourth-order valence-electron chi connectivity index (χ4n) is 0. The van der Waals surface area contributed by atoms with Crippen LogP contribution in [0, 0.1) is 0 Å². The third-order valence-electron chi connectivity index (χ3n) is 0. The first-order valence-electron chi connectivity index (χ1n) is 1.58. The van der Waals surface area contributed by atoms with E-state index in [1.54, 1.807) is 0 Å². The second kappa shape index (κ2) is 11.2. The van der Waals surface area contributed by atoms with Crippen molar-refractivity contribution in [2.24, 2.45) is 0 Å². The summed E-state index contributed by atoms with van der Waals surface area (Å²) in [6.07, 6.45) is -1.83. The Morgan fingerprint density at radius 3 is 1.11 bits per heavy atom. The van der Waals surface area contributed by atoms with Gasteiger partial charge in [0.15, 0.2) is 0 Å². The zero-order valence-corrected chi connectivity index (χ0v) is 4.16. The van der Waals surface area contributed by atoms with E-state index in [1.165, 1.54) is 0 Å². The van der Waals surface area contributed by atoms with Crippen LogP contribution in [0.25, 0.3) is 0 Å². The summed E-state index contributed by atoms with van der Waals surface area (Å²) in [7, 11) is 0. The van der Waals surface area contributed by atoms with Crippen LogP contribution in [0.2, 0.25) is 0 Å². The molecular weight excluding hydrogens is 155 g/mol. The van der Waals surface area contributed by atoms with Gasteiger partial charge in [-0.3, -0.25) is 4.79 Å². The van der Waals surface area contributed by atoms with Crippen molar-refractivity contribution in [2.45, 2.75) is 6.92 Å². The molecule has 0 saturated heterocycles. The molecule has 0 heterocycles. The molecule has 0 aromatic rings. The summed E-state index contributed by atoms with van der Waals surface area (Å²) in [5.41, 5.74) is 0. The Morgan fingerprint density at radius 1 is 1.11 bits per heavy atom. The van der Waals surface area contributed by atoms with Gasteiger partial charge in [-0.05, 0) is 0 Å². The molecule has 0 saturated carbocycles. The first-order chi connectivity index (χ1) is 3.46. The molecule has 50 valence electrons. The van der Waals surface area contributed by atoms with Crippen molar-refractivity contribution < 1.29 is 24.9 Å². The van der Waals surface area contributed by atoms with Crippen LogP contribution in [0.4, 0.5) is 4.79 Å². The quantitative estimate of drug-likeness (QED) is 0.424. The van der Waals surface area contributed by atoms with Crippen molar-refractivity contribution in [3.63, 3.8) is 0 Å². The van der Waals surface area contributed by atoms with Crippen LogP contribution >= 0.6 is 0 Å². The van der Waals surface area contributed by atoms with Crippen LogP contribution in [-0.2, 0) is 4.79 Å². The molecule has 0 atom stereocenters. The van der Waals surface area contributed by atoms with Crippen LogP contribution < -0.4 is 0 Å². The van der Waals surface area contributed by atoms with Gasteiger partial charge in [-0.15, -0.1) is 0 Å². The van der Waals surface area contributed by atoms with Crippen molar-refractivity contribution in [1.29, 1.82) is 0 Å². The maximum absolute atomic E-state index is 9.00. The predicted octanol–water partition coefficient (Wildman–Crippen LogP) is -0.335. The molecule has 0 aliphatic heterocycles. The summed E-state index contributed by atoms with van der Waals surface area (Å²) < 4.78 is 0. The summed E-state index contributed by atoms with van der Waals surface area (Å²) >= 11 is 0. The Labute approximate surface area is 94.1 Å². The van der Waals surface area contributed by atoms with Gasteiger partial charge >= 0.3 is 57.5 Å². The van der Waals surface area contributed by atoms with E-state index < -0.39 is 12.1 Å². The van der Waals surface area contributed by atoms with Gasteiger partial charge in [-0.25, -0.2) is 4.79 Å². The SMILES string of the molecule is CC(=O)O.O=C(O)O.[KH]. The summed E-state index contributed by atoms with van der Waals surface area (Å²) in [6.45, 7) is 1.08.